The van der Waals surface area contributed by atoms with Gasteiger partial charge in [0.15, 0.2) is 5.82 Å². The molecule has 1 saturated heterocycles. The van der Waals surface area contributed by atoms with Crippen molar-refractivity contribution < 1.29 is 14.3 Å². The second-order valence-corrected chi connectivity index (χ2v) is 6.67. The Kier molecular flexibility index (Phi) is 6.96. The predicted molar refractivity (Wildman–Crippen MR) is 111 cm³/mol. The first-order valence-corrected chi connectivity index (χ1v) is 9.40. The Labute approximate surface area is 170 Å². The lowest BCUT2D eigenvalue weighted by Gasteiger charge is -2.27. The number of nitrogens with zero attached hydrogens (tertiary/aromatic N) is 5. The highest BCUT2D eigenvalue weighted by molar-refractivity contribution is 5.91. The van der Waals surface area contributed by atoms with E-state index in [1.54, 1.807) is 13.2 Å². The first kappa shape index (κ1) is 20.5. The SMILES string of the molecule is COc1ccc(C=CC(=O)NCc2nc(N(C)C)nc(N3CCOCC3)n2)cc1. The third-order valence-corrected chi connectivity index (χ3v) is 4.32. The molecular formula is C20H26N6O3. The summed E-state index contributed by atoms with van der Waals surface area (Å²) in [4.78, 5) is 29.5. The van der Waals surface area contributed by atoms with Crippen molar-refractivity contribution >= 4 is 23.9 Å². The van der Waals surface area contributed by atoms with Gasteiger partial charge in [0.25, 0.3) is 0 Å². The molecule has 154 valence electrons. The van der Waals surface area contributed by atoms with E-state index < -0.39 is 0 Å². The first-order chi connectivity index (χ1) is 14.0. The first-order valence-electron chi connectivity index (χ1n) is 9.40. The molecule has 1 aliphatic rings. The Bertz CT molecular complexity index is 848. The van der Waals surface area contributed by atoms with E-state index >= 15 is 0 Å². The molecule has 29 heavy (non-hydrogen) atoms. The maximum atomic E-state index is 12.2. The van der Waals surface area contributed by atoms with Crippen molar-refractivity contribution in [3.8, 4) is 5.75 Å². The zero-order valence-corrected chi connectivity index (χ0v) is 17.0. The summed E-state index contributed by atoms with van der Waals surface area (Å²) < 4.78 is 10.5. The molecule has 1 N–H and O–H groups in total. The van der Waals surface area contributed by atoms with Gasteiger partial charge >= 0.3 is 0 Å². The average Bonchev–Trinajstić information content (AvgIpc) is 2.77. The third-order valence-electron chi connectivity index (χ3n) is 4.32. The van der Waals surface area contributed by atoms with Crippen LogP contribution >= 0.6 is 0 Å². The van der Waals surface area contributed by atoms with Crippen molar-refractivity contribution in [3.05, 3.63) is 41.7 Å². The van der Waals surface area contributed by atoms with Crippen LogP contribution in [0.5, 0.6) is 5.75 Å². The molecule has 2 aromatic rings. The number of aromatic nitrogens is 3. The van der Waals surface area contributed by atoms with E-state index in [4.69, 9.17) is 9.47 Å². The molecule has 1 aromatic heterocycles. The number of carbonyl (C=O) groups excluding carboxylic acids is 1. The molecule has 0 unspecified atom stereocenters. The maximum absolute atomic E-state index is 12.2. The molecule has 3 rings (SSSR count). The predicted octanol–water partition coefficient (Wildman–Crippen LogP) is 1.11. The normalized spacial score (nSPS) is 14.1. The highest BCUT2D eigenvalue weighted by Gasteiger charge is 2.17. The molecule has 0 spiro atoms. The molecule has 9 nitrogen and oxygen atoms in total. The zero-order chi connectivity index (χ0) is 20.6. The molecular weight excluding hydrogens is 372 g/mol. The van der Waals surface area contributed by atoms with Gasteiger partial charge in [0, 0.05) is 33.3 Å². The van der Waals surface area contributed by atoms with Gasteiger partial charge in [-0.15, -0.1) is 0 Å². The van der Waals surface area contributed by atoms with Crippen LogP contribution in [-0.4, -0.2) is 68.4 Å². The highest BCUT2D eigenvalue weighted by atomic mass is 16.5. The van der Waals surface area contributed by atoms with Gasteiger partial charge in [-0.3, -0.25) is 4.79 Å². The van der Waals surface area contributed by atoms with Gasteiger partial charge in [0.1, 0.15) is 5.75 Å². The van der Waals surface area contributed by atoms with Crippen LogP contribution in [0.2, 0.25) is 0 Å². The molecule has 1 aliphatic heterocycles. The Balaban J connectivity index is 1.64. The number of morpholine rings is 1. The number of amides is 1. The Morgan fingerprint density at radius 3 is 2.59 bits per heavy atom. The molecule has 0 bridgehead atoms. The summed E-state index contributed by atoms with van der Waals surface area (Å²) in [6, 6.07) is 7.45. The zero-order valence-electron chi connectivity index (χ0n) is 17.0. The maximum Gasteiger partial charge on any atom is 0.244 e. The quantitative estimate of drug-likeness (QED) is 0.694. The van der Waals surface area contributed by atoms with Crippen LogP contribution in [0.3, 0.4) is 0 Å². The van der Waals surface area contributed by atoms with Gasteiger partial charge < -0.3 is 24.6 Å². The van der Waals surface area contributed by atoms with Crippen LogP contribution in [0.4, 0.5) is 11.9 Å². The van der Waals surface area contributed by atoms with Gasteiger partial charge in [-0.1, -0.05) is 12.1 Å². The topological polar surface area (TPSA) is 92.7 Å². The Morgan fingerprint density at radius 1 is 1.21 bits per heavy atom. The summed E-state index contributed by atoms with van der Waals surface area (Å²) in [5.74, 6) is 2.22. The van der Waals surface area contributed by atoms with Gasteiger partial charge in [-0.05, 0) is 23.8 Å². The minimum atomic E-state index is -0.222. The molecule has 9 heteroatoms. The molecule has 1 aromatic carbocycles. The summed E-state index contributed by atoms with van der Waals surface area (Å²) >= 11 is 0. The fraction of sp³-hybridized carbons (Fsp3) is 0.400. The fourth-order valence-electron chi connectivity index (χ4n) is 2.69. The number of carbonyl (C=O) groups is 1. The van der Waals surface area contributed by atoms with E-state index in [-0.39, 0.29) is 12.5 Å². The molecule has 0 aliphatic carbocycles. The number of nitrogens with one attached hydrogen (secondary N) is 1. The van der Waals surface area contributed by atoms with E-state index in [1.807, 2.05) is 43.3 Å². The molecule has 0 atom stereocenters. The van der Waals surface area contributed by atoms with E-state index in [9.17, 15) is 4.79 Å². The molecule has 2 heterocycles. The largest absolute Gasteiger partial charge is 0.497 e. The lowest BCUT2D eigenvalue weighted by atomic mass is 10.2. The summed E-state index contributed by atoms with van der Waals surface area (Å²) in [7, 11) is 5.36. The molecule has 0 radical (unpaired) electrons. The monoisotopic (exact) mass is 398 g/mol. The third kappa shape index (κ3) is 5.89. The number of anilines is 2. The van der Waals surface area contributed by atoms with E-state index in [0.29, 0.717) is 30.9 Å². The number of rotatable bonds is 7. The second-order valence-electron chi connectivity index (χ2n) is 6.67. The van der Waals surface area contributed by atoms with Gasteiger partial charge in [-0.2, -0.15) is 15.0 Å². The van der Waals surface area contributed by atoms with Gasteiger partial charge in [0.2, 0.25) is 17.8 Å². The number of methoxy groups -OCH3 is 1. The van der Waals surface area contributed by atoms with Crippen LogP contribution in [0.1, 0.15) is 11.4 Å². The van der Waals surface area contributed by atoms with E-state index in [2.05, 4.69) is 25.2 Å². The number of hydrogen-bond donors (Lipinski definition) is 1. The smallest absolute Gasteiger partial charge is 0.244 e. The lowest BCUT2D eigenvalue weighted by Crippen LogP contribution is -2.38. The average molecular weight is 398 g/mol. The standard InChI is InChI=1S/C20H26N6O3/c1-25(2)19-22-17(23-20(24-19)26-10-12-29-13-11-26)14-21-18(27)9-6-15-4-7-16(28-3)8-5-15/h4-9H,10-14H2,1-3H3,(H,21,27). The van der Waals surface area contributed by atoms with Gasteiger partial charge in [-0.25, -0.2) is 0 Å². The van der Waals surface area contributed by atoms with Crippen LogP contribution in [0.25, 0.3) is 6.08 Å². The van der Waals surface area contributed by atoms with Crippen LogP contribution in [0, 0.1) is 0 Å². The van der Waals surface area contributed by atoms with Crippen molar-refractivity contribution in [1.82, 2.24) is 20.3 Å². The summed E-state index contributed by atoms with van der Waals surface area (Å²) in [5, 5.41) is 2.82. The summed E-state index contributed by atoms with van der Waals surface area (Å²) in [6.07, 6.45) is 3.23. The van der Waals surface area contributed by atoms with Crippen LogP contribution in [-0.2, 0) is 16.1 Å². The Hall–Kier alpha value is -3.20. The van der Waals surface area contributed by atoms with Crippen LogP contribution < -0.4 is 19.9 Å². The summed E-state index contributed by atoms with van der Waals surface area (Å²) in [5.41, 5.74) is 0.908. The van der Waals surface area contributed by atoms with Crippen molar-refractivity contribution in [2.45, 2.75) is 6.54 Å². The number of ether oxygens (including phenoxy) is 2. The van der Waals surface area contributed by atoms with Gasteiger partial charge in [0.05, 0.1) is 26.9 Å². The van der Waals surface area contributed by atoms with Crippen molar-refractivity contribution in [2.24, 2.45) is 0 Å². The molecule has 1 amide bonds. The lowest BCUT2D eigenvalue weighted by molar-refractivity contribution is -0.116. The van der Waals surface area contributed by atoms with E-state index in [0.717, 1.165) is 24.4 Å². The number of benzene rings is 1. The Morgan fingerprint density at radius 2 is 1.93 bits per heavy atom. The van der Waals surface area contributed by atoms with Crippen molar-refractivity contribution in [2.75, 3.05) is 57.3 Å². The van der Waals surface area contributed by atoms with E-state index in [1.165, 1.54) is 6.08 Å². The minimum absolute atomic E-state index is 0.215. The molecule has 1 fully saturated rings. The van der Waals surface area contributed by atoms with Crippen LogP contribution in [0.15, 0.2) is 30.3 Å². The minimum Gasteiger partial charge on any atom is -0.497 e. The van der Waals surface area contributed by atoms with Crippen molar-refractivity contribution in [3.63, 3.8) is 0 Å². The summed E-state index contributed by atoms with van der Waals surface area (Å²) in [6.45, 7) is 2.96. The fourth-order valence-corrected chi connectivity index (χ4v) is 2.69. The van der Waals surface area contributed by atoms with Crippen molar-refractivity contribution in [1.29, 1.82) is 0 Å². The second kappa shape index (κ2) is 9.83. The molecule has 0 saturated carbocycles. The highest BCUT2D eigenvalue weighted by Crippen LogP contribution is 2.14. The number of hydrogen-bond acceptors (Lipinski definition) is 8.